The highest BCUT2D eigenvalue weighted by atomic mass is 19.4. The highest BCUT2D eigenvalue weighted by Crippen LogP contribution is 2.37. The summed E-state index contributed by atoms with van der Waals surface area (Å²) in [6, 6.07) is 4.37. The number of pyridine rings is 1. The number of likely N-dealkylation sites (tertiary alicyclic amines) is 1. The number of nitrogens with one attached hydrogen (secondary N) is 1. The van der Waals surface area contributed by atoms with Gasteiger partial charge in [-0.15, -0.1) is 13.2 Å². The predicted molar refractivity (Wildman–Crippen MR) is 110 cm³/mol. The van der Waals surface area contributed by atoms with Gasteiger partial charge < -0.3 is 20.1 Å². The molecule has 0 aliphatic carbocycles. The summed E-state index contributed by atoms with van der Waals surface area (Å²) in [7, 11) is 0. The third kappa shape index (κ3) is 6.31. The first-order valence-corrected chi connectivity index (χ1v) is 10.4. The zero-order chi connectivity index (χ0) is 24.2. The van der Waals surface area contributed by atoms with Crippen LogP contribution in [-0.4, -0.2) is 47.1 Å². The van der Waals surface area contributed by atoms with Crippen molar-refractivity contribution in [3.05, 3.63) is 53.1 Å². The fraction of sp³-hybridized carbons (Fsp3) is 0.455. The number of anilines is 1. The van der Waals surface area contributed by atoms with Crippen molar-refractivity contribution in [3.63, 3.8) is 0 Å². The van der Waals surface area contributed by atoms with Crippen molar-refractivity contribution >= 4 is 11.7 Å². The van der Waals surface area contributed by atoms with Gasteiger partial charge in [-0.1, -0.05) is 0 Å². The van der Waals surface area contributed by atoms with E-state index in [4.69, 9.17) is 5.11 Å². The van der Waals surface area contributed by atoms with Crippen molar-refractivity contribution in [1.29, 1.82) is 0 Å². The number of aromatic nitrogens is 1. The molecule has 0 atom stereocenters. The second-order valence-electron chi connectivity index (χ2n) is 7.91. The van der Waals surface area contributed by atoms with Gasteiger partial charge in [0, 0.05) is 44.4 Å². The van der Waals surface area contributed by atoms with Crippen LogP contribution in [0.4, 0.5) is 32.4 Å². The summed E-state index contributed by atoms with van der Waals surface area (Å²) in [6.45, 7) is 1.37. The van der Waals surface area contributed by atoms with Crippen molar-refractivity contribution in [3.8, 4) is 5.75 Å². The Morgan fingerprint density at radius 3 is 2.55 bits per heavy atom. The number of benzene rings is 1. The number of urea groups is 1. The number of nitrogens with zero attached hydrogens (tertiary/aromatic N) is 2. The lowest BCUT2D eigenvalue weighted by Gasteiger charge is -2.36. The lowest BCUT2D eigenvalue weighted by molar-refractivity contribution is -0.274. The summed E-state index contributed by atoms with van der Waals surface area (Å²) in [5.74, 6) is -1.14. The van der Waals surface area contributed by atoms with Gasteiger partial charge in [0.1, 0.15) is 17.3 Å². The van der Waals surface area contributed by atoms with E-state index in [0.29, 0.717) is 18.4 Å². The number of amides is 2. The Kier molecular flexibility index (Phi) is 7.41. The Morgan fingerprint density at radius 1 is 1.27 bits per heavy atom. The molecule has 1 aliphatic heterocycles. The number of piperidine rings is 1. The summed E-state index contributed by atoms with van der Waals surface area (Å²) in [6.07, 6.45) is -2.87. The smallest absolute Gasteiger partial charge is 0.406 e. The Bertz CT molecular complexity index is 992. The maximum atomic E-state index is 15.4. The van der Waals surface area contributed by atoms with E-state index in [-0.39, 0.29) is 55.2 Å². The Hall–Kier alpha value is -2.95. The van der Waals surface area contributed by atoms with E-state index in [2.05, 4.69) is 15.0 Å². The molecule has 11 heteroatoms. The normalized spacial score (nSPS) is 15.9. The molecule has 2 N–H and O–H groups in total. The van der Waals surface area contributed by atoms with Gasteiger partial charge in [-0.05, 0) is 55.2 Å². The average molecular weight is 473 g/mol. The second-order valence-corrected chi connectivity index (χ2v) is 7.91. The van der Waals surface area contributed by atoms with Gasteiger partial charge in [0.15, 0.2) is 5.67 Å². The maximum Gasteiger partial charge on any atom is 0.573 e. The van der Waals surface area contributed by atoms with Gasteiger partial charge in [0.2, 0.25) is 0 Å². The topological polar surface area (TPSA) is 74.7 Å². The summed E-state index contributed by atoms with van der Waals surface area (Å²) < 4.78 is 71.0. The number of hydrogen-bond donors (Lipinski definition) is 2. The van der Waals surface area contributed by atoms with Gasteiger partial charge in [-0.25, -0.2) is 13.6 Å². The first-order chi connectivity index (χ1) is 15.5. The Labute approximate surface area is 187 Å². The number of carbonyl (C=O) groups excluding carboxylic acids is 1. The van der Waals surface area contributed by atoms with Crippen molar-refractivity contribution in [2.45, 2.75) is 44.6 Å². The number of ether oxygens (including phenoxy) is 1. The van der Waals surface area contributed by atoms with Crippen LogP contribution >= 0.6 is 0 Å². The molecule has 1 saturated heterocycles. The van der Waals surface area contributed by atoms with E-state index >= 15 is 4.39 Å². The molecule has 6 nitrogen and oxygen atoms in total. The van der Waals surface area contributed by atoms with E-state index in [1.807, 2.05) is 0 Å². The first kappa shape index (κ1) is 24.7. The molecule has 1 aromatic heterocycles. The van der Waals surface area contributed by atoms with Crippen LogP contribution in [0.3, 0.4) is 0 Å². The minimum Gasteiger partial charge on any atom is -0.406 e. The SMILES string of the molecule is Cc1cc(NC(=O)N2CCC(F)(c3ncc(CCCO)cc3F)CC2)ccc1OC(F)(F)F. The molecule has 0 unspecified atom stereocenters. The number of rotatable bonds is 6. The average Bonchev–Trinajstić information content (AvgIpc) is 2.73. The van der Waals surface area contributed by atoms with Crippen molar-refractivity contribution in [1.82, 2.24) is 9.88 Å². The Morgan fingerprint density at radius 2 is 1.97 bits per heavy atom. The van der Waals surface area contributed by atoms with E-state index in [1.165, 1.54) is 36.2 Å². The fourth-order valence-electron chi connectivity index (χ4n) is 3.70. The summed E-state index contributed by atoms with van der Waals surface area (Å²) in [5, 5.41) is 11.4. The van der Waals surface area contributed by atoms with Gasteiger partial charge in [-0.2, -0.15) is 0 Å². The molecule has 3 rings (SSSR count). The molecular weight excluding hydrogens is 449 g/mol. The molecule has 0 saturated carbocycles. The molecular formula is C22H24F5N3O3. The highest BCUT2D eigenvalue weighted by Gasteiger charge is 2.41. The van der Waals surface area contributed by atoms with Crippen LogP contribution in [-0.2, 0) is 12.1 Å². The fourth-order valence-corrected chi connectivity index (χ4v) is 3.70. The Balaban J connectivity index is 1.60. The first-order valence-electron chi connectivity index (χ1n) is 10.4. The molecule has 33 heavy (non-hydrogen) atoms. The molecule has 0 radical (unpaired) electrons. The number of carbonyl (C=O) groups is 1. The van der Waals surface area contributed by atoms with Gasteiger partial charge in [-0.3, -0.25) is 4.98 Å². The molecule has 1 fully saturated rings. The van der Waals surface area contributed by atoms with E-state index in [0.717, 1.165) is 6.07 Å². The molecule has 0 bridgehead atoms. The zero-order valence-electron chi connectivity index (χ0n) is 17.9. The minimum atomic E-state index is -4.82. The van der Waals surface area contributed by atoms with E-state index in [1.54, 1.807) is 0 Å². The lowest BCUT2D eigenvalue weighted by atomic mass is 9.89. The van der Waals surface area contributed by atoms with Gasteiger partial charge in [0.05, 0.1) is 0 Å². The molecule has 1 aliphatic rings. The van der Waals surface area contributed by atoms with Crippen LogP contribution in [0.1, 0.15) is 36.1 Å². The van der Waals surface area contributed by atoms with Crippen LogP contribution < -0.4 is 10.1 Å². The second kappa shape index (κ2) is 9.90. The van der Waals surface area contributed by atoms with Crippen LogP contribution in [0.15, 0.2) is 30.5 Å². The van der Waals surface area contributed by atoms with Crippen LogP contribution in [0.5, 0.6) is 5.75 Å². The lowest BCUT2D eigenvalue weighted by Crippen LogP contribution is -2.45. The summed E-state index contributed by atoms with van der Waals surface area (Å²) in [5.41, 5.74) is -1.33. The highest BCUT2D eigenvalue weighted by molar-refractivity contribution is 5.89. The zero-order valence-corrected chi connectivity index (χ0v) is 17.9. The monoisotopic (exact) mass is 473 g/mol. The third-order valence-corrected chi connectivity index (χ3v) is 5.44. The standard InChI is InChI=1S/C22H24F5N3O3/c1-14-11-16(4-5-18(14)33-22(25,26)27)29-20(32)30-8-6-21(24,7-9-30)19-17(23)12-15(13-28-19)3-2-10-31/h4-5,11-13,31H,2-3,6-10H2,1H3,(H,29,32). The van der Waals surface area contributed by atoms with Crippen molar-refractivity contribution in [2.75, 3.05) is 25.0 Å². The maximum absolute atomic E-state index is 15.4. The van der Waals surface area contributed by atoms with Crippen LogP contribution in [0.2, 0.25) is 0 Å². The molecule has 0 spiro atoms. The number of aryl methyl sites for hydroxylation is 2. The summed E-state index contributed by atoms with van der Waals surface area (Å²) >= 11 is 0. The molecule has 1 aromatic carbocycles. The van der Waals surface area contributed by atoms with Crippen molar-refractivity contribution < 1.29 is 36.6 Å². The number of aliphatic hydroxyl groups is 1. The van der Waals surface area contributed by atoms with E-state index in [9.17, 15) is 22.4 Å². The quantitative estimate of drug-likeness (QED) is 0.589. The predicted octanol–water partition coefficient (Wildman–Crippen LogP) is 4.85. The molecule has 2 aromatic rings. The van der Waals surface area contributed by atoms with Gasteiger partial charge >= 0.3 is 12.4 Å². The number of alkyl halides is 4. The molecule has 2 heterocycles. The minimum absolute atomic E-state index is 0.00394. The van der Waals surface area contributed by atoms with Gasteiger partial charge in [0.25, 0.3) is 0 Å². The third-order valence-electron chi connectivity index (χ3n) is 5.44. The van der Waals surface area contributed by atoms with Crippen molar-refractivity contribution in [2.24, 2.45) is 0 Å². The number of halogens is 5. The number of aliphatic hydroxyl groups excluding tert-OH is 1. The molecule has 180 valence electrons. The van der Waals surface area contributed by atoms with Crippen LogP contribution in [0.25, 0.3) is 0 Å². The molecule has 2 amide bonds. The largest absolute Gasteiger partial charge is 0.573 e. The number of hydrogen-bond acceptors (Lipinski definition) is 4. The van der Waals surface area contributed by atoms with E-state index < -0.39 is 23.9 Å². The van der Waals surface area contributed by atoms with Crippen LogP contribution in [0, 0.1) is 12.7 Å². The summed E-state index contributed by atoms with van der Waals surface area (Å²) in [4.78, 5) is 17.8.